The van der Waals surface area contributed by atoms with E-state index in [9.17, 15) is 19.8 Å². The third-order valence-electron chi connectivity index (χ3n) is 5.46. The summed E-state index contributed by atoms with van der Waals surface area (Å²) in [6.45, 7) is 4.64. The average molecular weight is 391 g/mol. The number of aliphatic hydroxyl groups is 1. The number of aromatic hydroxyl groups is 1. The van der Waals surface area contributed by atoms with Gasteiger partial charge < -0.3 is 25.6 Å². The number of phenols is 1. The van der Waals surface area contributed by atoms with Crippen LogP contribution in [-0.2, 0) is 9.53 Å². The molecule has 1 aromatic rings. The summed E-state index contributed by atoms with van der Waals surface area (Å²) in [5, 5.41) is 25.5. The normalized spacial score (nSPS) is 25.8. The average Bonchev–Trinajstić information content (AvgIpc) is 2.70. The van der Waals surface area contributed by atoms with Gasteiger partial charge in [0.05, 0.1) is 25.4 Å². The number of amides is 2. The lowest BCUT2D eigenvalue weighted by molar-refractivity contribution is -0.127. The van der Waals surface area contributed by atoms with Crippen LogP contribution >= 0.6 is 0 Å². The van der Waals surface area contributed by atoms with Crippen LogP contribution in [0.15, 0.2) is 24.3 Å². The first-order valence-electron chi connectivity index (χ1n) is 9.88. The first kappa shape index (κ1) is 20.6. The summed E-state index contributed by atoms with van der Waals surface area (Å²) in [7, 11) is 0. The van der Waals surface area contributed by atoms with Gasteiger partial charge in [-0.15, -0.1) is 0 Å². The van der Waals surface area contributed by atoms with Crippen LogP contribution in [0.5, 0.6) is 5.75 Å². The molecule has 0 unspecified atom stereocenters. The largest absolute Gasteiger partial charge is 0.508 e. The lowest BCUT2D eigenvalue weighted by atomic mass is 9.83. The van der Waals surface area contributed by atoms with E-state index in [1.807, 2.05) is 0 Å². The molecule has 3 atom stereocenters. The van der Waals surface area contributed by atoms with E-state index < -0.39 is 6.10 Å². The maximum atomic E-state index is 12.4. The number of morpholine rings is 1. The second-order valence-electron chi connectivity index (χ2n) is 7.45. The van der Waals surface area contributed by atoms with Crippen molar-refractivity contribution in [2.45, 2.75) is 31.4 Å². The highest BCUT2D eigenvalue weighted by Gasteiger charge is 2.33. The number of rotatable bonds is 6. The summed E-state index contributed by atoms with van der Waals surface area (Å²) >= 11 is 0. The maximum absolute atomic E-state index is 12.4. The first-order valence-corrected chi connectivity index (χ1v) is 9.88. The number of ether oxygens (including phenoxy) is 1. The molecule has 1 aliphatic carbocycles. The Kier molecular flexibility index (Phi) is 7.24. The Bertz CT molecular complexity index is 660. The Labute approximate surface area is 164 Å². The number of hydrogen-bond acceptors (Lipinski definition) is 6. The van der Waals surface area contributed by atoms with Gasteiger partial charge in [0.25, 0.3) is 5.91 Å². The summed E-state index contributed by atoms with van der Waals surface area (Å²) in [5.41, 5.74) is 0.424. The number of carbonyl (C=O) groups is 2. The molecule has 8 nitrogen and oxygen atoms in total. The van der Waals surface area contributed by atoms with Crippen LogP contribution in [0.2, 0.25) is 0 Å². The molecule has 0 bridgehead atoms. The second kappa shape index (κ2) is 9.86. The highest BCUT2D eigenvalue weighted by atomic mass is 16.5. The lowest BCUT2D eigenvalue weighted by Gasteiger charge is -2.33. The maximum Gasteiger partial charge on any atom is 0.251 e. The van der Waals surface area contributed by atoms with Gasteiger partial charge in [-0.25, -0.2) is 0 Å². The third-order valence-corrected chi connectivity index (χ3v) is 5.46. The van der Waals surface area contributed by atoms with Gasteiger partial charge in [0.2, 0.25) is 5.91 Å². The molecule has 0 aromatic heterocycles. The van der Waals surface area contributed by atoms with Crippen molar-refractivity contribution in [2.75, 3.05) is 39.4 Å². The van der Waals surface area contributed by atoms with Crippen LogP contribution in [0.3, 0.4) is 0 Å². The molecule has 2 amide bonds. The summed E-state index contributed by atoms with van der Waals surface area (Å²) in [6, 6.07) is 5.58. The molecule has 154 valence electrons. The molecule has 0 radical (unpaired) electrons. The van der Waals surface area contributed by atoms with E-state index in [1.54, 1.807) is 0 Å². The monoisotopic (exact) mass is 391 g/mol. The molecule has 8 heteroatoms. The van der Waals surface area contributed by atoms with Crippen LogP contribution in [0, 0.1) is 5.92 Å². The van der Waals surface area contributed by atoms with E-state index in [0.717, 1.165) is 32.8 Å². The number of nitrogens with one attached hydrogen (secondary N) is 2. The summed E-state index contributed by atoms with van der Waals surface area (Å²) in [5.74, 6) is -0.466. The zero-order valence-electron chi connectivity index (χ0n) is 16.0. The zero-order chi connectivity index (χ0) is 19.9. The van der Waals surface area contributed by atoms with Crippen molar-refractivity contribution >= 4 is 11.8 Å². The topological polar surface area (TPSA) is 111 Å². The Morgan fingerprint density at radius 3 is 2.54 bits per heavy atom. The van der Waals surface area contributed by atoms with E-state index in [-0.39, 0.29) is 29.5 Å². The molecule has 28 heavy (non-hydrogen) atoms. The molecule has 0 spiro atoms. The smallest absolute Gasteiger partial charge is 0.251 e. The van der Waals surface area contributed by atoms with E-state index in [1.165, 1.54) is 24.3 Å². The summed E-state index contributed by atoms with van der Waals surface area (Å²) in [6.07, 6.45) is 0.752. The molecule has 1 saturated heterocycles. The van der Waals surface area contributed by atoms with Crippen LogP contribution in [0.1, 0.15) is 29.6 Å². The molecular weight excluding hydrogens is 362 g/mol. The number of benzene rings is 1. The van der Waals surface area contributed by atoms with Crippen molar-refractivity contribution in [2.24, 2.45) is 5.92 Å². The van der Waals surface area contributed by atoms with Gasteiger partial charge in [-0.2, -0.15) is 0 Å². The van der Waals surface area contributed by atoms with Gasteiger partial charge in [0, 0.05) is 37.7 Å². The predicted octanol–water partition coefficient (Wildman–Crippen LogP) is 0.100. The second-order valence-corrected chi connectivity index (χ2v) is 7.45. The predicted molar refractivity (Wildman–Crippen MR) is 103 cm³/mol. The number of hydrogen-bond donors (Lipinski definition) is 4. The van der Waals surface area contributed by atoms with E-state index in [2.05, 4.69) is 15.5 Å². The van der Waals surface area contributed by atoms with Gasteiger partial charge in [-0.3, -0.25) is 14.5 Å². The van der Waals surface area contributed by atoms with Crippen molar-refractivity contribution in [1.29, 1.82) is 0 Å². The van der Waals surface area contributed by atoms with Crippen molar-refractivity contribution in [1.82, 2.24) is 15.5 Å². The fourth-order valence-corrected chi connectivity index (χ4v) is 3.72. The summed E-state index contributed by atoms with van der Waals surface area (Å²) in [4.78, 5) is 26.9. The standard InChI is InChI=1S/C20H29N3O5/c24-16-4-1-14(2-5-16)20(27)22-17-6-3-15(13-18(17)25)19(26)21-7-8-23-9-11-28-12-10-23/h1-2,4-5,15,17-18,24-25H,3,6-13H2,(H,21,26)(H,22,27)/t15-,17+,18+/m0/s1. The molecule has 1 heterocycles. The highest BCUT2D eigenvalue weighted by Crippen LogP contribution is 2.25. The molecule has 4 N–H and O–H groups in total. The van der Waals surface area contributed by atoms with Gasteiger partial charge in [0.1, 0.15) is 5.75 Å². The van der Waals surface area contributed by atoms with Crippen LogP contribution in [0.25, 0.3) is 0 Å². The molecule has 1 aliphatic heterocycles. The SMILES string of the molecule is O=C(N[C@@H]1CC[C@H](C(=O)NCCN2CCOCC2)C[C@H]1O)c1ccc(O)cc1. The molecule has 2 fully saturated rings. The number of carbonyl (C=O) groups excluding carboxylic acids is 2. The molecule has 3 rings (SSSR count). The number of phenolic OH excluding ortho intramolecular Hbond substituents is 1. The number of nitrogens with zero attached hydrogens (tertiary/aromatic N) is 1. The Morgan fingerprint density at radius 2 is 1.86 bits per heavy atom. The van der Waals surface area contributed by atoms with Crippen LogP contribution in [-0.4, -0.2) is 78.5 Å². The minimum absolute atomic E-state index is 0.0318. The van der Waals surface area contributed by atoms with Crippen molar-refractivity contribution in [3.63, 3.8) is 0 Å². The summed E-state index contributed by atoms with van der Waals surface area (Å²) < 4.78 is 5.31. The Balaban J connectivity index is 1.40. The van der Waals surface area contributed by atoms with Gasteiger partial charge in [-0.05, 0) is 43.5 Å². The first-order chi connectivity index (χ1) is 13.5. The van der Waals surface area contributed by atoms with Crippen LogP contribution < -0.4 is 10.6 Å². The lowest BCUT2D eigenvalue weighted by Crippen LogP contribution is -2.49. The quantitative estimate of drug-likeness (QED) is 0.547. The molecular formula is C20H29N3O5. The van der Waals surface area contributed by atoms with E-state index in [4.69, 9.17) is 4.74 Å². The third kappa shape index (κ3) is 5.67. The molecule has 2 aliphatic rings. The zero-order valence-corrected chi connectivity index (χ0v) is 16.0. The Hall–Kier alpha value is -2.16. The number of aliphatic hydroxyl groups excluding tert-OH is 1. The molecule has 1 aromatic carbocycles. The van der Waals surface area contributed by atoms with Crippen molar-refractivity contribution in [3.05, 3.63) is 29.8 Å². The minimum Gasteiger partial charge on any atom is -0.508 e. The molecule has 1 saturated carbocycles. The fraction of sp³-hybridized carbons (Fsp3) is 0.600. The van der Waals surface area contributed by atoms with E-state index >= 15 is 0 Å². The fourth-order valence-electron chi connectivity index (χ4n) is 3.72. The highest BCUT2D eigenvalue weighted by molar-refractivity contribution is 5.94. The van der Waals surface area contributed by atoms with Gasteiger partial charge in [0.15, 0.2) is 0 Å². The van der Waals surface area contributed by atoms with Crippen LogP contribution in [0.4, 0.5) is 0 Å². The van der Waals surface area contributed by atoms with Crippen molar-refractivity contribution in [3.8, 4) is 5.75 Å². The van der Waals surface area contributed by atoms with E-state index in [0.29, 0.717) is 31.4 Å². The van der Waals surface area contributed by atoms with Gasteiger partial charge >= 0.3 is 0 Å². The van der Waals surface area contributed by atoms with Crippen molar-refractivity contribution < 1.29 is 24.5 Å². The van der Waals surface area contributed by atoms with Gasteiger partial charge in [-0.1, -0.05) is 0 Å². The minimum atomic E-state index is -0.759. The Morgan fingerprint density at radius 1 is 1.14 bits per heavy atom.